The quantitative estimate of drug-likeness (QED) is 0.349. The van der Waals surface area contributed by atoms with Crippen LogP contribution in [0.5, 0.6) is 11.5 Å². The van der Waals surface area contributed by atoms with Crippen molar-refractivity contribution in [3.05, 3.63) is 114 Å². The third-order valence-corrected chi connectivity index (χ3v) is 11.8. The number of methoxy groups -OCH3 is 2. The number of hydrogen-bond acceptors (Lipinski definition) is 3. The van der Waals surface area contributed by atoms with Crippen LogP contribution in [0.3, 0.4) is 0 Å². The minimum atomic E-state index is -2.28. The SMILES string of the molecule is COc1ccc(C(C)(C)c2ccc([PH](C)(c3ccc(CO)cc3)c3ccc(OC)cc3)cc2)cc1. The van der Waals surface area contributed by atoms with Crippen LogP contribution < -0.4 is 25.4 Å². The van der Waals surface area contributed by atoms with Gasteiger partial charge in [-0.25, -0.2) is 0 Å². The van der Waals surface area contributed by atoms with Gasteiger partial charge in [0.15, 0.2) is 0 Å². The molecule has 4 heteroatoms. The van der Waals surface area contributed by atoms with Crippen molar-refractivity contribution >= 4 is 23.2 Å². The van der Waals surface area contributed by atoms with Gasteiger partial charge in [-0.15, -0.1) is 0 Å². The molecule has 0 aliphatic rings. The second-order valence-electron chi connectivity index (χ2n) is 9.64. The van der Waals surface area contributed by atoms with Crippen molar-refractivity contribution in [2.75, 3.05) is 20.9 Å². The van der Waals surface area contributed by atoms with Gasteiger partial charge in [0.25, 0.3) is 0 Å². The Morgan fingerprint density at radius 1 is 0.600 bits per heavy atom. The predicted molar refractivity (Wildman–Crippen MR) is 150 cm³/mol. The van der Waals surface area contributed by atoms with Crippen LogP contribution in [-0.4, -0.2) is 26.0 Å². The molecule has 0 saturated carbocycles. The maximum absolute atomic E-state index is 9.54. The van der Waals surface area contributed by atoms with Gasteiger partial charge in [0.1, 0.15) is 0 Å². The summed E-state index contributed by atoms with van der Waals surface area (Å²) in [6, 6.07) is 34.4. The van der Waals surface area contributed by atoms with Crippen LogP contribution in [0.4, 0.5) is 0 Å². The first-order chi connectivity index (χ1) is 16.8. The molecule has 0 bridgehead atoms. The topological polar surface area (TPSA) is 38.7 Å². The van der Waals surface area contributed by atoms with Crippen molar-refractivity contribution in [2.24, 2.45) is 0 Å². The van der Waals surface area contributed by atoms with Crippen molar-refractivity contribution < 1.29 is 14.6 Å². The van der Waals surface area contributed by atoms with Crippen molar-refractivity contribution in [1.29, 1.82) is 0 Å². The van der Waals surface area contributed by atoms with E-state index < -0.39 is 7.26 Å². The molecule has 0 atom stereocenters. The first-order valence-electron chi connectivity index (χ1n) is 11.9. The van der Waals surface area contributed by atoms with Crippen LogP contribution >= 0.6 is 7.26 Å². The van der Waals surface area contributed by atoms with Crippen molar-refractivity contribution in [3.8, 4) is 11.5 Å². The number of rotatable bonds is 8. The second-order valence-corrected chi connectivity index (χ2v) is 13.6. The van der Waals surface area contributed by atoms with Gasteiger partial charge < -0.3 is 0 Å². The Labute approximate surface area is 209 Å². The van der Waals surface area contributed by atoms with Crippen LogP contribution in [0.15, 0.2) is 97.1 Å². The molecule has 0 unspecified atom stereocenters. The normalized spacial score (nSPS) is 12.3. The molecular formula is C31H35O3P. The van der Waals surface area contributed by atoms with E-state index >= 15 is 0 Å². The van der Waals surface area contributed by atoms with E-state index in [2.05, 4.69) is 81.2 Å². The van der Waals surface area contributed by atoms with Crippen LogP contribution in [-0.2, 0) is 12.0 Å². The van der Waals surface area contributed by atoms with E-state index in [1.165, 1.54) is 27.0 Å². The van der Waals surface area contributed by atoms with Crippen LogP contribution in [0, 0.1) is 0 Å². The Morgan fingerprint density at radius 2 is 0.943 bits per heavy atom. The number of aliphatic hydroxyl groups excluding tert-OH is 1. The van der Waals surface area contributed by atoms with Gasteiger partial charge in [-0.2, -0.15) is 0 Å². The summed E-state index contributed by atoms with van der Waals surface area (Å²) in [7, 11) is 1.11. The standard InChI is InChI=1S/C31H35O3P/c1-31(2,24-8-12-26(33-3)13-9-24)25-10-18-29(19-11-25)35(5,28-16-6-23(22-32)7-17-28)30-20-14-27(34-4)15-21-30/h6-21,32,35H,22H2,1-5H3. The molecule has 0 saturated heterocycles. The van der Waals surface area contributed by atoms with E-state index in [1.54, 1.807) is 14.2 Å². The summed E-state index contributed by atoms with van der Waals surface area (Å²) < 4.78 is 10.7. The predicted octanol–water partition coefficient (Wildman–Crippen LogP) is 5.18. The molecule has 0 aliphatic carbocycles. The summed E-state index contributed by atoms with van der Waals surface area (Å²) in [5.74, 6) is 1.73. The first-order valence-corrected chi connectivity index (χ1v) is 14.4. The van der Waals surface area contributed by atoms with Crippen molar-refractivity contribution in [2.45, 2.75) is 25.9 Å². The Kier molecular flexibility index (Phi) is 7.31. The Bertz CT molecular complexity index is 1200. The summed E-state index contributed by atoms with van der Waals surface area (Å²) in [4.78, 5) is 0. The molecular weight excluding hydrogens is 451 g/mol. The molecule has 1 N–H and O–H groups in total. The van der Waals surface area contributed by atoms with Gasteiger partial charge in [-0.3, -0.25) is 0 Å². The Hall–Kier alpha value is -3.13. The number of hydrogen-bond donors (Lipinski definition) is 1. The second kappa shape index (κ2) is 10.2. The molecule has 0 aliphatic heterocycles. The van der Waals surface area contributed by atoms with Gasteiger partial charge >= 0.3 is 210 Å². The molecule has 4 aromatic rings. The van der Waals surface area contributed by atoms with Gasteiger partial charge in [0.2, 0.25) is 0 Å². The minimum absolute atomic E-state index is 0.0518. The third kappa shape index (κ3) is 4.85. The molecule has 3 nitrogen and oxygen atoms in total. The summed E-state index contributed by atoms with van der Waals surface area (Å²) in [5.41, 5.74) is 3.32. The molecule has 0 amide bonds. The molecule has 182 valence electrons. The number of aliphatic hydroxyl groups is 1. The molecule has 0 spiro atoms. The number of benzene rings is 4. The Morgan fingerprint density at radius 3 is 1.34 bits per heavy atom. The number of ether oxygens (including phenoxy) is 2. The zero-order chi connectivity index (χ0) is 25.1. The summed E-state index contributed by atoms with van der Waals surface area (Å²) in [5, 5.41) is 13.5. The fourth-order valence-electron chi connectivity index (χ4n) is 4.76. The maximum atomic E-state index is 9.54. The van der Waals surface area contributed by atoms with Crippen molar-refractivity contribution in [1.82, 2.24) is 0 Å². The summed E-state index contributed by atoms with van der Waals surface area (Å²) in [6.07, 6.45) is 0. The monoisotopic (exact) mass is 486 g/mol. The first kappa shape index (κ1) is 25.0. The average Bonchev–Trinajstić information content (AvgIpc) is 2.92. The molecule has 35 heavy (non-hydrogen) atoms. The fourth-order valence-corrected chi connectivity index (χ4v) is 8.26. The zero-order valence-electron chi connectivity index (χ0n) is 21.2. The van der Waals surface area contributed by atoms with Gasteiger partial charge in [-0.05, 0) is 0 Å². The summed E-state index contributed by atoms with van der Waals surface area (Å²) in [6.45, 7) is 6.97. The average molecular weight is 487 g/mol. The molecule has 0 heterocycles. The van der Waals surface area contributed by atoms with E-state index in [4.69, 9.17) is 9.47 Å². The molecule has 4 aromatic carbocycles. The van der Waals surface area contributed by atoms with Crippen LogP contribution in [0.1, 0.15) is 30.5 Å². The molecule has 4 rings (SSSR count). The van der Waals surface area contributed by atoms with E-state index in [1.807, 2.05) is 36.4 Å². The molecule has 0 fully saturated rings. The third-order valence-electron chi connectivity index (χ3n) is 7.38. The zero-order valence-corrected chi connectivity index (χ0v) is 22.2. The van der Waals surface area contributed by atoms with Crippen molar-refractivity contribution in [3.63, 3.8) is 0 Å². The molecule has 0 aromatic heterocycles. The fraction of sp³-hybridized carbons (Fsp3) is 0.226. The van der Waals surface area contributed by atoms with E-state index in [-0.39, 0.29) is 12.0 Å². The van der Waals surface area contributed by atoms with Crippen LogP contribution in [0.2, 0.25) is 0 Å². The molecule has 0 radical (unpaired) electrons. The Balaban J connectivity index is 1.77. The van der Waals surface area contributed by atoms with E-state index in [0.717, 1.165) is 17.1 Å². The van der Waals surface area contributed by atoms with Gasteiger partial charge in [-0.1, -0.05) is 0 Å². The summed E-state index contributed by atoms with van der Waals surface area (Å²) >= 11 is 0. The van der Waals surface area contributed by atoms with E-state index in [0.29, 0.717) is 0 Å². The van der Waals surface area contributed by atoms with Gasteiger partial charge in [0, 0.05) is 0 Å². The van der Waals surface area contributed by atoms with Crippen LogP contribution in [0.25, 0.3) is 0 Å². The van der Waals surface area contributed by atoms with E-state index in [9.17, 15) is 5.11 Å². The van der Waals surface area contributed by atoms with Gasteiger partial charge in [0.05, 0.1) is 0 Å².